The molecule has 1 N–H and O–H groups in total. The first kappa shape index (κ1) is 19.0. The van der Waals surface area contributed by atoms with Gasteiger partial charge in [0, 0.05) is 21.4 Å². The van der Waals surface area contributed by atoms with Gasteiger partial charge in [0.2, 0.25) is 5.91 Å². The number of thioether (sulfide) groups is 1. The normalized spacial score (nSPS) is 12.1. The van der Waals surface area contributed by atoms with Gasteiger partial charge in [0.15, 0.2) is 5.16 Å². The van der Waals surface area contributed by atoms with E-state index in [0.717, 1.165) is 22.5 Å². The Kier molecular flexibility index (Phi) is 6.49. The van der Waals surface area contributed by atoms with Gasteiger partial charge in [-0.3, -0.25) is 4.79 Å². The Morgan fingerprint density at radius 1 is 1.21 bits per heavy atom. The molecule has 0 radical (unpaired) electrons. The molecule has 0 bridgehead atoms. The molecule has 2 rings (SSSR count). The van der Waals surface area contributed by atoms with Crippen molar-refractivity contribution in [3.8, 4) is 0 Å². The van der Waals surface area contributed by atoms with Gasteiger partial charge in [-0.25, -0.2) is 9.97 Å². The summed E-state index contributed by atoms with van der Waals surface area (Å²) in [5.74, 6) is 0.148. The van der Waals surface area contributed by atoms with Crippen LogP contribution in [0.1, 0.15) is 35.5 Å². The second-order valence-electron chi connectivity index (χ2n) is 5.55. The van der Waals surface area contributed by atoms with Crippen LogP contribution in [0.4, 0.5) is 0 Å². The molecule has 0 aliphatic rings. The van der Waals surface area contributed by atoms with Gasteiger partial charge >= 0.3 is 0 Å². The number of hydrogen-bond acceptors (Lipinski definition) is 4. The Morgan fingerprint density at radius 3 is 2.42 bits per heavy atom. The van der Waals surface area contributed by atoms with Gasteiger partial charge in [-0.15, -0.1) is 0 Å². The maximum Gasteiger partial charge on any atom is 0.230 e. The lowest BCUT2D eigenvalue weighted by atomic mass is 10.1. The number of rotatable bonds is 5. The quantitative estimate of drug-likeness (QED) is 0.601. The van der Waals surface area contributed by atoms with Crippen LogP contribution in [0.25, 0.3) is 0 Å². The standard InChI is InChI=1S/C17H19Cl2N3OS/c1-9-10(2)21-17(22-11(9)3)24-8-16(23)20-12(4)14-6-5-13(18)7-15(14)19/h5-7,12H,8H2,1-4H3,(H,20,23)/t12-/m0/s1. The Hall–Kier alpha value is -1.30. The predicted octanol–water partition coefficient (Wildman–Crippen LogP) is 4.68. The minimum atomic E-state index is -0.203. The fourth-order valence-corrected chi connectivity index (χ4v) is 3.47. The van der Waals surface area contributed by atoms with Crippen LogP contribution < -0.4 is 5.32 Å². The maximum atomic E-state index is 12.2. The van der Waals surface area contributed by atoms with Crippen molar-refractivity contribution in [2.24, 2.45) is 0 Å². The minimum Gasteiger partial charge on any atom is -0.349 e. The number of nitrogens with one attached hydrogen (secondary N) is 1. The van der Waals surface area contributed by atoms with Crippen LogP contribution in [0.5, 0.6) is 0 Å². The molecule has 0 unspecified atom stereocenters. The van der Waals surface area contributed by atoms with E-state index in [0.29, 0.717) is 15.2 Å². The Morgan fingerprint density at radius 2 is 1.83 bits per heavy atom. The Balaban J connectivity index is 1.96. The van der Waals surface area contributed by atoms with Gasteiger partial charge in [0.05, 0.1) is 11.8 Å². The van der Waals surface area contributed by atoms with E-state index in [9.17, 15) is 4.79 Å². The molecule has 0 spiro atoms. The first-order valence-corrected chi connectivity index (χ1v) is 9.21. The number of aryl methyl sites for hydroxylation is 2. The summed E-state index contributed by atoms with van der Waals surface area (Å²) in [5.41, 5.74) is 3.78. The molecule has 2 aromatic rings. The highest BCUT2D eigenvalue weighted by Crippen LogP contribution is 2.26. The molecule has 0 aliphatic carbocycles. The summed E-state index contributed by atoms with van der Waals surface area (Å²) < 4.78 is 0. The summed E-state index contributed by atoms with van der Waals surface area (Å²) >= 11 is 13.4. The summed E-state index contributed by atoms with van der Waals surface area (Å²) in [6.07, 6.45) is 0. The molecule has 1 aromatic heterocycles. The van der Waals surface area contributed by atoms with Crippen LogP contribution in [0, 0.1) is 20.8 Å². The van der Waals surface area contributed by atoms with Gasteiger partial charge in [-0.05, 0) is 51.0 Å². The number of benzene rings is 1. The van der Waals surface area contributed by atoms with Crippen LogP contribution >= 0.6 is 35.0 Å². The zero-order valence-corrected chi connectivity index (χ0v) is 16.3. The molecule has 0 aliphatic heterocycles. The summed E-state index contributed by atoms with van der Waals surface area (Å²) in [7, 11) is 0. The molecule has 1 atom stereocenters. The van der Waals surface area contributed by atoms with Crippen molar-refractivity contribution in [1.29, 1.82) is 0 Å². The molecule has 1 aromatic carbocycles. The largest absolute Gasteiger partial charge is 0.349 e. The average molecular weight is 384 g/mol. The van der Waals surface area contributed by atoms with E-state index in [4.69, 9.17) is 23.2 Å². The lowest BCUT2D eigenvalue weighted by Gasteiger charge is -2.16. The molecule has 1 heterocycles. The zero-order chi connectivity index (χ0) is 17.9. The van der Waals surface area contributed by atoms with Crippen molar-refractivity contribution in [2.45, 2.75) is 38.9 Å². The number of carbonyl (C=O) groups excluding carboxylic acids is 1. The van der Waals surface area contributed by atoms with Crippen LogP contribution in [0.3, 0.4) is 0 Å². The highest BCUT2D eigenvalue weighted by atomic mass is 35.5. The Bertz CT molecular complexity index is 744. The van der Waals surface area contributed by atoms with E-state index in [1.54, 1.807) is 12.1 Å². The molecule has 1 amide bonds. The van der Waals surface area contributed by atoms with E-state index in [-0.39, 0.29) is 17.7 Å². The van der Waals surface area contributed by atoms with E-state index < -0.39 is 0 Å². The Labute approximate surface area is 156 Å². The number of aromatic nitrogens is 2. The number of nitrogens with zero attached hydrogens (tertiary/aromatic N) is 2. The molecule has 0 saturated carbocycles. The van der Waals surface area contributed by atoms with Gasteiger partial charge in [-0.1, -0.05) is 41.0 Å². The van der Waals surface area contributed by atoms with E-state index in [1.165, 1.54) is 11.8 Å². The highest BCUT2D eigenvalue weighted by Gasteiger charge is 2.14. The predicted molar refractivity (Wildman–Crippen MR) is 100.0 cm³/mol. The number of halogens is 2. The first-order chi connectivity index (χ1) is 11.3. The molecular formula is C17H19Cl2N3OS. The van der Waals surface area contributed by atoms with Crippen molar-refractivity contribution in [3.05, 3.63) is 50.8 Å². The van der Waals surface area contributed by atoms with Gasteiger partial charge in [0.25, 0.3) is 0 Å². The third kappa shape index (κ3) is 4.85. The van der Waals surface area contributed by atoms with E-state index >= 15 is 0 Å². The molecular weight excluding hydrogens is 365 g/mol. The fourth-order valence-electron chi connectivity index (χ4n) is 2.15. The summed E-state index contributed by atoms with van der Waals surface area (Å²) in [6, 6.07) is 5.04. The van der Waals surface area contributed by atoms with Crippen LogP contribution in [-0.2, 0) is 4.79 Å². The van der Waals surface area contributed by atoms with Gasteiger partial charge in [0.1, 0.15) is 0 Å². The van der Waals surface area contributed by atoms with Crippen molar-refractivity contribution in [2.75, 3.05) is 5.75 Å². The summed E-state index contributed by atoms with van der Waals surface area (Å²) in [6.45, 7) is 7.76. The van der Waals surface area contributed by atoms with Crippen molar-refractivity contribution in [1.82, 2.24) is 15.3 Å². The topological polar surface area (TPSA) is 54.9 Å². The SMILES string of the molecule is Cc1nc(SCC(=O)N[C@@H](C)c2ccc(Cl)cc2Cl)nc(C)c1C. The first-order valence-electron chi connectivity index (χ1n) is 7.47. The van der Waals surface area contributed by atoms with Crippen molar-refractivity contribution >= 4 is 40.9 Å². The highest BCUT2D eigenvalue weighted by molar-refractivity contribution is 7.99. The third-order valence-electron chi connectivity index (χ3n) is 3.75. The van der Waals surface area contributed by atoms with Gasteiger partial charge < -0.3 is 5.32 Å². The number of carbonyl (C=O) groups is 1. The van der Waals surface area contributed by atoms with Crippen molar-refractivity contribution < 1.29 is 4.79 Å². The summed E-state index contributed by atoms with van der Waals surface area (Å²) in [5, 5.41) is 4.65. The molecule has 0 fully saturated rings. The minimum absolute atomic E-state index is 0.0991. The van der Waals surface area contributed by atoms with Crippen LogP contribution in [-0.4, -0.2) is 21.6 Å². The van der Waals surface area contributed by atoms with Crippen molar-refractivity contribution in [3.63, 3.8) is 0 Å². The summed E-state index contributed by atoms with van der Waals surface area (Å²) in [4.78, 5) is 21.0. The second kappa shape index (κ2) is 8.19. The van der Waals surface area contributed by atoms with Crippen LogP contribution in [0.2, 0.25) is 10.0 Å². The number of amides is 1. The molecule has 7 heteroatoms. The van der Waals surface area contributed by atoms with E-state index in [1.807, 2.05) is 33.8 Å². The smallest absolute Gasteiger partial charge is 0.230 e. The van der Waals surface area contributed by atoms with Crippen LogP contribution in [0.15, 0.2) is 23.4 Å². The lowest BCUT2D eigenvalue weighted by molar-refractivity contribution is -0.119. The molecule has 128 valence electrons. The second-order valence-corrected chi connectivity index (χ2v) is 7.33. The average Bonchev–Trinajstić information content (AvgIpc) is 2.50. The molecule has 4 nitrogen and oxygen atoms in total. The monoisotopic (exact) mass is 383 g/mol. The third-order valence-corrected chi connectivity index (χ3v) is 5.16. The number of hydrogen-bond donors (Lipinski definition) is 1. The lowest BCUT2D eigenvalue weighted by Crippen LogP contribution is -2.28. The maximum absolute atomic E-state index is 12.2. The van der Waals surface area contributed by atoms with E-state index in [2.05, 4.69) is 15.3 Å². The fraction of sp³-hybridized carbons (Fsp3) is 0.353. The molecule has 24 heavy (non-hydrogen) atoms. The molecule has 0 saturated heterocycles. The zero-order valence-electron chi connectivity index (χ0n) is 14.0. The van der Waals surface area contributed by atoms with Gasteiger partial charge in [-0.2, -0.15) is 0 Å².